The second kappa shape index (κ2) is 3.10. The molecule has 0 aromatic rings. The van der Waals surface area contributed by atoms with Gasteiger partial charge in [0, 0.05) is 32.6 Å². The maximum atomic E-state index is 11.1. The van der Waals surface area contributed by atoms with Gasteiger partial charge in [0.1, 0.15) is 0 Å². The van der Waals surface area contributed by atoms with Crippen LogP contribution < -0.4 is 0 Å². The Hall–Kier alpha value is -0.440. The first-order valence-electron chi connectivity index (χ1n) is 3.31. The number of hydrogen-bond acceptors (Lipinski definition) is 1. The lowest BCUT2D eigenvalue weighted by Crippen LogP contribution is -2.30. The van der Waals surface area contributed by atoms with Crippen molar-refractivity contribution in [1.82, 2.24) is 9.80 Å². The molecular formula is C6H11ClN2O. The molecule has 0 bridgehead atoms. The highest BCUT2D eigenvalue weighted by molar-refractivity contribution is 6.18. The highest BCUT2D eigenvalue weighted by Crippen LogP contribution is 2.04. The summed E-state index contributed by atoms with van der Waals surface area (Å²) >= 11 is 5.48. The molecule has 0 saturated carbocycles. The zero-order chi connectivity index (χ0) is 7.56. The van der Waals surface area contributed by atoms with Crippen molar-refractivity contribution in [2.45, 2.75) is 0 Å². The SMILES string of the molecule is CN1CCN(CCCl)C1=O. The Morgan fingerprint density at radius 3 is 2.70 bits per heavy atom. The van der Waals surface area contributed by atoms with Gasteiger partial charge in [-0.25, -0.2) is 4.79 Å². The number of carbonyl (C=O) groups is 1. The molecule has 0 aromatic carbocycles. The van der Waals surface area contributed by atoms with Crippen molar-refractivity contribution in [1.29, 1.82) is 0 Å². The molecule has 0 N–H and O–H groups in total. The fourth-order valence-corrected chi connectivity index (χ4v) is 1.22. The third-order valence-corrected chi connectivity index (χ3v) is 1.83. The number of amides is 2. The monoisotopic (exact) mass is 162 g/mol. The lowest BCUT2D eigenvalue weighted by molar-refractivity contribution is 0.200. The van der Waals surface area contributed by atoms with E-state index in [0.29, 0.717) is 12.4 Å². The van der Waals surface area contributed by atoms with Crippen molar-refractivity contribution >= 4 is 17.6 Å². The van der Waals surface area contributed by atoms with Crippen molar-refractivity contribution in [3.05, 3.63) is 0 Å². The van der Waals surface area contributed by atoms with E-state index in [4.69, 9.17) is 11.6 Å². The average molecular weight is 163 g/mol. The predicted octanol–water partition coefficient (Wildman–Crippen LogP) is 0.593. The van der Waals surface area contributed by atoms with Gasteiger partial charge in [0.05, 0.1) is 0 Å². The number of nitrogens with zero attached hydrogens (tertiary/aromatic N) is 2. The summed E-state index contributed by atoms with van der Waals surface area (Å²) in [6.45, 7) is 2.32. The van der Waals surface area contributed by atoms with Crippen LogP contribution in [-0.4, -0.2) is 48.4 Å². The van der Waals surface area contributed by atoms with Crippen LogP contribution in [0.4, 0.5) is 4.79 Å². The normalized spacial score (nSPS) is 18.8. The first-order chi connectivity index (χ1) is 4.75. The second-order valence-electron chi connectivity index (χ2n) is 2.38. The van der Waals surface area contributed by atoms with Crippen LogP contribution in [0.25, 0.3) is 0 Å². The van der Waals surface area contributed by atoms with Gasteiger partial charge in [0.15, 0.2) is 0 Å². The van der Waals surface area contributed by atoms with Crippen LogP contribution >= 0.6 is 11.6 Å². The van der Waals surface area contributed by atoms with E-state index in [-0.39, 0.29) is 6.03 Å². The van der Waals surface area contributed by atoms with E-state index in [9.17, 15) is 4.79 Å². The van der Waals surface area contributed by atoms with Crippen molar-refractivity contribution in [2.24, 2.45) is 0 Å². The summed E-state index contributed by atoms with van der Waals surface area (Å²) in [5.41, 5.74) is 0. The van der Waals surface area contributed by atoms with Crippen LogP contribution in [0.3, 0.4) is 0 Å². The summed E-state index contributed by atoms with van der Waals surface area (Å²) in [5.74, 6) is 0.527. The van der Waals surface area contributed by atoms with Crippen molar-refractivity contribution in [3.8, 4) is 0 Å². The number of likely N-dealkylation sites (N-methyl/N-ethyl adjacent to an activating group) is 1. The van der Waals surface area contributed by atoms with Gasteiger partial charge in [0.25, 0.3) is 0 Å². The lowest BCUT2D eigenvalue weighted by Gasteiger charge is -2.13. The highest BCUT2D eigenvalue weighted by Gasteiger charge is 2.23. The van der Waals surface area contributed by atoms with E-state index in [1.807, 2.05) is 0 Å². The summed E-state index contributed by atoms with van der Waals surface area (Å²) < 4.78 is 0. The van der Waals surface area contributed by atoms with Crippen molar-refractivity contribution < 1.29 is 4.79 Å². The van der Waals surface area contributed by atoms with Gasteiger partial charge in [-0.1, -0.05) is 0 Å². The molecule has 3 nitrogen and oxygen atoms in total. The molecule has 10 heavy (non-hydrogen) atoms. The van der Waals surface area contributed by atoms with Crippen LogP contribution in [0.15, 0.2) is 0 Å². The minimum Gasteiger partial charge on any atom is -0.326 e. The van der Waals surface area contributed by atoms with Gasteiger partial charge in [-0.15, -0.1) is 11.6 Å². The van der Waals surface area contributed by atoms with E-state index < -0.39 is 0 Å². The number of hydrogen-bond donors (Lipinski definition) is 0. The number of urea groups is 1. The summed E-state index contributed by atoms with van der Waals surface area (Å²) in [4.78, 5) is 14.5. The molecule has 0 radical (unpaired) electrons. The van der Waals surface area contributed by atoms with E-state index >= 15 is 0 Å². The molecule has 1 heterocycles. The van der Waals surface area contributed by atoms with Crippen molar-refractivity contribution in [3.63, 3.8) is 0 Å². The van der Waals surface area contributed by atoms with Gasteiger partial charge >= 0.3 is 6.03 Å². The zero-order valence-electron chi connectivity index (χ0n) is 6.01. The molecule has 2 amide bonds. The van der Waals surface area contributed by atoms with Crippen molar-refractivity contribution in [2.75, 3.05) is 32.6 Å². The molecule has 1 aliphatic rings. The van der Waals surface area contributed by atoms with Crippen LogP contribution in [-0.2, 0) is 0 Å². The second-order valence-corrected chi connectivity index (χ2v) is 2.76. The van der Waals surface area contributed by atoms with Gasteiger partial charge in [0.2, 0.25) is 0 Å². The fourth-order valence-electron chi connectivity index (χ4n) is 1.01. The quantitative estimate of drug-likeness (QED) is 0.546. The Bertz CT molecular complexity index is 138. The number of alkyl halides is 1. The third kappa shape index (κ3) is 1.34. The average Bonchev–Trinajstić information content (AvgIpc) is 2.20. The largest absolute Gasteiger partial charge is 0.326 e. The minimum absolute atomic E-state index is 0.0978. The zero-order valence-corrected chi connectivity index (χ0v) is 6.76. The fraction of sp³-hybridized carbons (Fsp3) is 0.833. The van der Waals surface area contributed by atoms with Crippen LogP contribution in [0.2, 0.25) is 0 Å². The Balaban J connectivity index is 2.41. The summed E-state index contributed by atoms with van der Waals surface area (Å²) in [6.07, 6.45) is 0. The molecule has 1 aliphatic heterocycles. The Kier molecular flexibility index (Phi) is 2.38. The Morgan fingerprint density at radius 1 is 1.60 bits per heavy atom. The molecule has 1 fully saturated rings. The summed E-state index contributed by atoms with van der Waals surface area (Å²) in [5, 5.41) is 0. The molecule has 1 rings (SSSR count). The van der Waals surface area contributed by atoms with Crippen LogP contribution in [0, 0.1) is 0 Å². The molecule has 0 atom stereocenters. The van der Waals surface area contributed by atoms with Gasteiger partial charge < -0.3 is 9.80 Å². The molecule has 58 valence electrons. The highest BCUT2D eigenvalue weighted by atomic mass is 35.5. The topological polar surface area (TPSA) is 23.6 Å². The van der Waals surface area contributed by atoms with E-state index in [2.05, 4.69) is 0 Å². The molecule has 0 aromatic heterocycles. The van der Waals surface area contributed by atoms with E-state index in [0.717, 1.165) is 13.1 Å². The summed E-state index contributed by atoms with van der Waals surface area (Å²) in [6, 6.07) is 0.0978. The van der Waals surface area contributed by atoms with E-state index in [1.54, 1.807) is 16.8 Å². The standard InChI is InChI=1S/C6H11ClN2O/c1-8-4-5-9(3-2-7)6(8)10/h2-5H2,1H3. The maximum absolute atomic E-state index is 11.1. The number of carbonyl (C=O) groups excluding carboxylic acids is 1. The first-order valence-corrected chi connectivity index (χ1v) is 3.85. The third-order valence-electron chi connectivity index (χ3n) is 1.66. The number of halogens is 1. The maximum Gasteiger partial charge on any atom is 0.319 e. The molecule has 4 heteroatoms. The van der Waals surface area contributed by atoms with E-state index in [1.165, 1.54) is 0 Å². The molecule has 0 spiro atoms. The Morgan fingerprint density at radius 2 is 2.30 bits per heavy atom. The van der Waals surface area contributed by atoms with Gasteiger partial charge in [-0.3, -0.25) is 0 Å². The van der Waals surface area contributed by atoms with Crippen LogP contribution in [0.1, 0.15) is 0 Å². The molecule has 1 saturated heterocycles. The van der Waals surface area contributed by atoms with Crippen LogP contribution in [0.5, 0.6) is 0 Å². The number of rotatable bonds is 2. The molecular weight excluding hydrogens is 152 g/mol. The lowest BCUT2D eigenvalue weighted by atomic mass is 10.6. The Labute approximate surface area is 65.5 Å². The van der Waals surface area contributed by atoms with Gasteiger partial charge in [-0.2, -0.15) is 0 Å². The minimum atomic E-state index is 0.0978. The molecule has 0 aliphatic carbocycles. The smallest absolute Gasteiger partial charge is 0.319 e. The predicted molar refractivity (Wildman–Crippen MR) is 40.3 cm³/mol. The first kappa shape index (κ1) is 7.66. The summed E-state index contributed by atoms with van der Waals surface area (Å²) in [7, 11) is 1.80. The van der Waals surface area contributed by atoms with Gasteiger partial charge in [-0.05, 0) is 0 Å². The molecule has 0 unspecified atom stereocenters.